The first-order chi connectivity index (χ1) is 23.5. The first-order valence-corrected chi connectivity index (χ1v) is 15.6. The van der Waals surface area contributed by atoms with Crippen LogP contribution in [0.15, 0.2) is 42.7 Å². The van der Waals surface area contributed by atoms with Gasteiger partial charge in [0.2, 0.25) is 5.91 Å². The predicted octanol–water partition coefficient (Wildman–Crippen LogP) is 0.810. The Morgan fingerprint density at radius 3 is 2.30 bits per heavy atom. The van der Waals surface area contributed by atoms with Crippen LogP contribution in [0.2, 0.25) is 0 Å². The first kappa shape index (κ1) is 37.2. The van der Waals surface area contributed by atoms with Crippen molar-refractivity contribution in [3.63, 3.8) is 0 Å². The molecule has 2 aliphatic heterocycles. The normalized spacial score (nSPS) is 21.6. The molecule has 1 fully saturated rings. The summed E-state index contributed by atoms with van der Waals surface area (Å²) in [5.41, 5.74) is 2.95. The van der Waals surface area contributed by atoms with Gasteiger partial charge >= 0.3 is 30.0 Å². The Bertz CT molecular complexity index is 1670. The molecule has 1 saturated heterocycles. The minimum absolute atomic E-state index is 0.0153. The second-order valence-corrected chi connectivity index (χ2v) is 12.5. The van der Waals surface area contributed by atoms with Crippen LogP contribution in [0.3, 0.4) is 0 Å². The number of H-pyrrole nitrogens is 1. The number of para-hydroxylation sites is 1. The van der Waals surface area contributed by atoms with E-state index in [1.807, 2.05) is 29.6 Å². The SMILES string of the molecule is CC(=O)OC[C@H](NC(=O)[C@H](Cc1c[nH]c2ccccc12)NC(=O)OC(C)(C)C)[C@@H]1O[C@H](N2C=CC(=O)NC(=O)N2)[C@@H](OC(C)=O)[C@H]1OC(C)=O. The number of hydrogen-bond acceptors (Lipinski definition) is 13. The van der Waals surface area contributed by atoms with Crippen molar-refractivity contribution in [2.45, 2.75) is 90.2 Å². The minimum Gasteiger partial charge on any atom is -0.464 e. The number of urea groups is 1. The van der Waals surface area contributed by atoms with E-state index in [-0.39, 0.29) is 6.42 Å². The van der Waals surface area contributed by atoms with Crippen LogP contribution in [0.1, 0.15) is 47.1 Å². The standard InChI is InChI=1S/C32H40N6O12/c1-16(39)46-15-23(25-26(47-17(2)40)27(48-18(3)41)29(49-25)38-12-11-24(42)36-30(44)37-38)34-28(43)22(35-31(45)50-32(4,5)6)13-19-14-33-21-10-8-7-9-20(19)21/h7-12,14,22-23,25-27,29,33H,13,15H2,1-6H3,(H,34,43)(H,35,45)(H2,36,37,42,44)/t22-,23-,25-,26-,27-,29-/m0/s1. The number of nitrogens with one attached hydrogen (secondary N) is 5. The predicted molar refractivity (Wildman–Crippen MR) is 171 cm³/mol. The average Bonchev–Trinajstić information content (AvgIpc) is 3.50. The summed E-state index contributed by atoms with van der Waals surface area (Å²) in [5.74, 6) is -3.90. The van der Waals surface area contributed by atoms with E-state index in [1.165, 1.54) is 0 Å². The van der Waals surface area contributed by atoms with E-state index in [1.54, 1.807) is 27.0 Å². The Balaban J connectivity index is 1.71. The van der Waals surface area contributed by atoms with Crippen molar-refractivity contribution < 1.29 is 57.2 Å². The molecule has 1 aromatic heterocycles. The molecule has 2 aliphatic rings. The second kappa shape index (κ2) is 15.7. The molecule has 18 heteroatoms. The zero-order valence-corrected chi connectivity index (χ0v) is 28.3. The maximum Gasteiger partial charge on any atom is 0.408 e. The van der Waals surface area contributed by atoms with Crippen LogP contribution in [0.5, 0.6) is 0 Å². The molecule has 0 radical (unpaired) electrons. The molecule has 270 valence electrons. The van der Waals surface area contributed by atoms with Gasteiger partial charge in [0.15, 0.2) is 18.4 Å². The van der Waals surface area contributed by atoms with Gasteiger partial charge in [-0.3, -0.25) is 34.3 Å². The zero-order chi connectivity index (χ0) is 36.7. The maximum atomic E-state index is 14.1. The molecule has 5 amide bonds. The molecule has 1 aromatic carbocycles. The van der Waals surface area contributed by atoms with Crippen molar-refractivity contribution in [3.8, 4) is 0 Å². The number of carbonyl (C=O) groups excluding carboxylic acids is 7. The number of carbonyl (C=O) groups is 7. The van der Waals surface area contributed by atoms with Crippen LogP contribution in [0.4, 0.5) is 9.59 Å². The third-order valence-corrected chi connectivity index (χ3v) is 7.25. The van der Waals surface area contributed by atoms with Crippen LogP contribution in [0.25, 0.3) is 10.9 Å². The fraction of sp³-hybridized carbons (Fsp3) is 0.469. The Hall–Kier alpha value is -5.65. The third-order valence-electron chi connectivity index (χ3n) is 7.25. The van der Waals surface area contributed by atoms with Crippen molar-refractivity contribution >= 4 is 52.7 Å². The summed E-state index contributed by atoms with van der Waals surface area (Å²) < 4.78 is 27.9. The number of amides is 5. The van der Waals surface area contributed by atoms with Crippen molar-refractivity contribution in [2.75, 3.05) is 6.61 Å². The zero-order valence-electron chi connectivity index (χ0n) is 28.3. The van der Waals surface area contributed by atoms with Crippen LogP contribution >= 0.6 is 0 Å². The fourth-order valence-electron chi connectivity index (χ4n) is 5.38. The molecular weight excluding hydrogens is 660 g/mol. The molecule has 18 nitrogen and oxygen atoms in total. The van der Waals surface area contributed by atoms with E-state index in [9.17, 15) is 33.6 Å². The Morgan fingerprint density at radius 2 is 1.64 bits per heavy atom. The molecule has 50 heavy (non-hydrogen) atoms. The number of nitrogens with zero attached hydrogens (tertiary/aromatic N) is 1. The lowest BCUT2D eigenvalue weighted by molar-refractivity contribution is -0.167. The molecule has 0 unspecified atom stereocenters. The van der Waals surface area contributed by atoms with Crippen LogP contribution in [0, 0.1) is 0 Å². The molecular formula is C32H40N6O12. The average molecular weight is 701 g/mol. The number of aromatic amines is 1. The largest absolute Gasteiger partial charge is 0.464 e. The number of rotatable bonds is 11. The van der Waals surface area contributed by atoms with E-state index in [4.69, 9.17) is 23.7 Å². The van der Waals surface area contributed by atoms with Gasteiger partial charge in [0.25, 0.3) is 5.91 Å². The molecule has 2 aromatic rings. The van der Waals surface area contributed by atoms with Gasteiger partial charge in [0, 0.05) is 56.6 Å². The molecule has 0 bridgehead atoms. The number of aromatic nitrogens is 1. The van der Waals surface area contributed by atoms with E-state index < -0.39 is 90.7 Å². The van der Waals surface area contributed by atoms with Crippen molar-refractivity contribution in [1.82, 2.24) is 31.4 Å². The molecule has 0 spiro atoms. The van der Waals surface area contributed by atoms with Crippen molar-refractivity contribution in [1.29, 1.82) is 0 Å². The van der Waals surface area contributed by atoms with Gasteiger partial charge in [-0.25, -0.2) is 15.0 Å². The first-order valence-electron chi connectivity index (χ1n) is 15.6. The number of alkyl carbamates (subject to hydrolysis) is 1. The summed E-state index contributed by atoms with van der Waals surface area (Å²) in [6.07, 6.45) is -2.80. The highest BCUT2D eigenvalue weighted by Gasteiger charge is 2.55. The summed E-state index contributed by atoms with van der Waals surface area (Å²) in [6, 6.07) is 3.83. The number of fused-ring (bicyclic) bond motifs is 1. The monoisotopic (exact) mass is 700 g/mol. The van der Waals surface area contributed by atoms with Crippen LogP contribution < -0.4 is 21.4 Å². The minimum atomic E-state index is -1.45. The molecule has 0 aliphatic carbocycles. The van der Waals surface area contributed by atoms with Crippen LogP contribution in [-0.2, 0) is 54.1 Å². The smallest absolute Gasteiger partial charge is 0.408 e. The highest BCUT2D eigenvalue weighted by atomic mass is 16.6. The quantitative estimate of drug-likeness (QED) is 0.162. The summed E-state index contributed by atoms with van der Waals surface area (Å²) in [7, 11) is 0. The Morgan fingerprint density at radius 1 is 0.960 bits per heavy atom. The number of imide groups is 1. The van der Waals surface area contributed by atoms with E-state index in [0.717, 1.165) is 49.0 Å². The maximum absolute atomic E-state index is 14.1. The number of benzene rings is 1. The summed E-state index contributed by atoms with van der Waals surface area (Å²) in [6.45, 7) is 7.76. The van der Waals surface area contributed by atoms with Gasteiger partial charge in [0.1, 0.15) is 24.4 Å². The summed E-state index contributed by atoms with van der Waals surface area (Å²) in [5, 5.41) is 9.17. The fourth-order valence-corrected chi connectivity index (χ4v) is 5.38. The highest BCUT2D eigenvalue weighted by molar-refractivity contribution is 6.00. The highest BCUT2D eigenvalue weighted by Crippen LogP contribution is 2.32. The molecule has 6 atom stereocenters. The topological polar surface area (TPSA) is 233 Å². The number of hydrazine groups is 1. The van der Waals surface area contributed by atoms with Gasteiger partial charge in [-0.1, -0.05) is 18.2 Å². The van der Waals surface area contributed by atoms with Gasteiger partial charge in [-0.15, -0.1) is 0 Å². The molecule has 4 rings (SSSR count). The van der Waals surface area contributed by atoms with Crippen molar-refractivity contribution in [3.05, 3.63) is 48.3 Å². The van der Waals surface area contributed by atoms with Crippen molar-refractivity contribution in [2.24, 2.45) is 0 Å². The second-order valence-electron chi connectivity index (χ2n) is 12.5. The van der Waals surface area contributed by atoms with Crippen LogP contribution in [-0.4, -0.2) is 101 Å². The van der Waals surface area contributed by atoms with E-state index in [2.05, 4.69) is 21.0 Å². The lowest BCUT2D eigenvalue weighted by Gasteiger charge is -2.30. The lowest BCUT2D eigenvalue weighted by atomic mass is 10.0. The van der Waals surface area contributed by atoms with Gasteiger partial charge < -0.3 is 39.3 Å². The third kappa shape index (κ3) is 9.94. The van der Waals surface area contributed by atoms with E-state index >= 15 is 0 Å². The van der Waals surface area contributed by atoms with E-state index in [0.29, 0.717) is 5.56 Å². The Kier molecular flexibility index (Phi) is 11.7. The van der Waals surface area contributed by atoms with Gasteiger partial charge in [-0.05, 0) is 32.4 Å². The number of ether oxygens (including phenoxy) is 5. The number of hydrogen-bond donors (Lipinski definition) is 5. The molecule has 3 heterocycles. The molecule has 0 saturated carbocycles. The molecule has 5 N–H and O–H groups in total. The van der Waals surface area contributed by atoms with Gasteiger partial charge in [0.05, 0.1) is 6.04 Å². The summed E-state index contributed by atoms with van der Waals surface area (Å²) in [4.78, 5) is 91.0. The number of esters is 3. The lowest BCUT2D eigenvalue weighted by Crippen LogP contribution is -2.57. The van der Waals surface area contributed by atoms with Gasteiger partial charge in [-0.2, -0.15) is 0 Å². The summed E-state index contributed by atoms with van der Waals surface area (Å²) >= 11 is 0. The Labute approximate surface area is 286 Å².